The minimum atomic E-state index is -0.0770. The summed E-state index contributed by atoms with van der Waals surface area (Å²) in [7, 11) is 1.95. The van der Waals surface area contributed by atoms with E-state index in [1.54, 1.807) is 6.34 Å². The third-order valence-corrected chi connectivity index (χ3v) is 4.15. The van der Waals surface area contributed by atoms with Crippen molar-refractivity contribution in [1.29, 1.82) is 0 Å². The normalized spacial score (nSPS) is 18.8. The molecule has 0 spiro atoms. The van der Waals surface area contributed by atoms with Gasteiger partial charge >= 0.3 is 0 Å². The molecule has 1 fully saturated rings. The van der Waals surface area contributed by atoms with Crippen LogP contribution in [0.25, 0.3) is 0 Å². The van der Waals surface area contributed by atoms with Gasteiger partial charge in [-0.25, -0.2) is 4.98 Å². The minimum Gasteiger partial charge on any atom is -0.379 e. The zero-order valence-corrected chi connectivity index (χ0v) is 13.0. The lowest BCUT2D eigenvalue weighted by molar-refractivity contribution is -0.0706. The number of nitrogens with two attached hydrogens (primary N) is 1. The van der Waals surface area contributed by atoms with Gasteiger partial charge in [-0.15, -0.1) is 0 Å². The van der Waals surface area contributed by atoms with Crippen molar-refractivity contribution in [3.8, 4) is 0 Å². The summed E-state index contributed by atoms with van der Waals surface area (Å²) >= 11 is 12.0. The Morgan fingerprint density at radius 2 is 2.10 bits per heavy atom. The second-order valence-corrected chi connectivity index (χ2v) is 6.03. The monoisotopic (exact) mass is 316 g/mol. The first-order valence-corrected chi connectivity index (χ1v) is 7.09. The molecule has 7 heteroatoms. The molecule has 0 aromatic carbocycles. The van der Waals surface area contributed by atoms with Crippen LogP contribution in [0.1, 0.15) is 18.9 Å². The molecular formula is C13H18Cl2N4O. The zero-order chi connectivity index (χ0) is 14.8. The molecule has 2 rings (SSSR count). The van der Waals surface area contributed by atoms with Crippen LogP contribution in [0, 0.1) is 0 Å². The Balaban J connectivity index is 2.21. The van der Waals surface area contributed by atoms with Gasteiger partial charge in [0.15, 0.2) is 0 Å². The number of hydrogen-bond donors (Lipinski definition) is 1. The Morgan fingerprint density at radius 1 is 1.50 bits per heavy atom. The van der Waals surface area contributed by atoms with E-state index in [4.69, 9.17) is 33.8 Å². The molecule has 1 aromatic rings. The van der Waals surface area contributed by atoms with E-state index in [9.17, 15) is 0 Å². The summed E-state index contributed by atoms with van der Waals surface area (Å²) in [6, 6.07) is 3.98. The molecule has 0 aliphatic carbocycles. The standard InChI is InChI=1S/C13H18Cl2N4O/c1-9(19(2)8-17-16)5-13(6-20-7-13)10-3-11(14)18-12(15)4-10/h3-4,8-9H,5-7,16H2,1-2H3/b17-8-/t9-/m0/s1. The molecule has 0 unspecified atom stereocenters. The van der Waals surface area contributed by atoms with Gasteiger partial charge < -0.3 is 15.5 Å². The van der Waals surface area contributed by atoms with E-state index < -0.39 is 0 Å². The first-order chi connectivity index (χ1) is 9.47. The molecule has 0 bridgehead atoms. The maximum Gasteiger partial charge on any atom is 0.131 e. The molecule has 1 aromatic heterocycles. The molecule has 20 heavy (non-hydrogen) atoms. The fourth-order valence-electron chi connectivity index (χ4n) is 2.45. The molecule has 1 saturated heterocycles. The second-order valence-electron chi connectivity index (χ2n) is 5.26. The van der Waals surface area contributed by atoms with E-state index in [0.717, 1.165) is 12.0 Å². The van der Waals surface area contributed by atoms with Crippen molar-refractivity contribution in [3.63, 3.8) is 0 Å². The third kappa shape index (κ3) is 3.16. The van der Waals surface area contributed by atoms with E-state index in [1.165, 1.54) is 0 Å². The van der Waals surface area contributed by atoms with Crippen LogP contribution in [-0.4, -0.2) is 42.5 Å². The van der Waals surface area contributed by atoms with E-state index in [-0.39, 0.29) is 11.5 Å². The fourth-order valence-corrected chi connectivity index (χ4v) is 2.91. The van der Waals surface area contributed by atoms with Gasteiger partial charge in [-0.2, -0.15) is 5.10 Å². The highest BCUT2D eigenvalue weighted by Crippen LogP contribution is 2.39. The minimum absolute atomic E-state index is 0.0770. The highest BCUT2D eigenvalue weighted by Gasteiger charge is 2.42. The van der Waals surface area contributed by atoms with E-state index in [0.29, 0.717) is 23.5 Å². The predicted molar refractivity (Wildman–Crippen MR) is 81.3 cm³/mol. The SMILES string of the molecule is C[C@@H](CC1(c2cc(Cl)nc(Cl)c2)COC1)N(C)/C=N\N. The van der Waals surface area contributed by atoms with Crippen molar-refractivity contribution >= 4 is 29.5 Å². The van der Waals surface area contributed by atoms with Crippen LogP contribution in [0.5, 0.6) is 0 Å². The van der Waals surface area contributed by atoms with Gasteiger partial charge in [-0.1, -0.05) is 23.2 Å². The first kappa shape index (κ1) is 15.4. The average molecular weight is 317 g/mol. The van der Waals surface area contributed by atoms with Gasteiger partial charge in [0.1, 0.15) is 16.6 Å². The van der Waals surface area contributed by atoms with Gasteiger partial charge in [-0.05, 0) is 31.0 Å². The first-order valence-electron chi connectivity index (χ1n) is 6.33. The van der Waals surface area contributed by atoms with Crippen LogP contribution in [-0.2, 0) is 10.2 Å². The van der Waals surface area contributed by atoms with Crippen molar-refractivity contribution in [2.75, 3.05) is 20.3 Å². The molecule has 2 heterocycles. The van der Waals surface area contributed by atoms with Crippen molar-refractivity contribution in [2.45, 2.75) is 24.8 Å². The lowest BCUT2D eigenvalue weighted by Crippen LogP contribution is -2.50. The van der Waals surface area contributed by atoms with Crippen molar-refractivity contribution < 1.29 is 4.74 Å². The molecule has 1 aliphatic rings. The van der Waals surface area contributed by atoms with Crippen LogP contribution in [0.2, 0.25) is 10.3 Å². The summed E-state index contributed by atoms with van der Waals surface area (Å²) in [5, 5.41) is 4.36. The predicted octanol–water partition coefficient (Wildman–Crippen LogP) is 2.27. The average Bonchev–Trinajstić information content (AvgIpc) is 2.32. The van der Waals surface area contributed by atoms with Crippen LogP contribution in [0.4, 0.5) is 0 Å². The second kappa shape index (κ2) is 6.16. The van der Waals surface area contributed by atoms with Gasteiger partial charge in [0.05, 0.1) is 13.2 Å². The number of hydrogen-bond acceptors (Lipinski definition) is 4. The summed E-state index contributed by atoms with van der Waals surface area (Å²) in [6.45, 7) is 3.43. The number of halogens is 2. The Bertz CT molecular complexity index is 485. The molecule has 1 atom stereocenters. The summed E-state index contributed by atoms with van der Waals surface area (Å²) in [6.07, 6.45) is 2.51. The maximum atomic E-state index is 6.00. The molecular weight excluding hydrogens is 299 g/mol. The maximum absolute atomic E-state index is 6.00. The molecule has 5 nitrogen and oxygen atoms in total. The van der Waals surface area contributed by atoms with Crippen LogP contribution >= 0.6 is 23.2 Å². The van der Waals surface area contributed by atoms with E-state index in [2.05, 4.69) is 17.0 Å². The highest BCUT2D eigenvalue weighted by molar-refractivity contribution is 6.32. The lowest BCUT2D eigenvalue weighted by atomic mass is 9.74. The molecule has 0 radical (unpaired) electrons. The topological polar surface area (TPSA) is 63.7 Å². The van der Waals surface area contributed by atoms with Gasteiger partial charge in [-0.3, -0.25) is 0 Å². The van der Waals surface area contributed by atoms with Crippen LogP contribution in [0.15, 0.2) is 17.2 Å². The highest BCUT2D eigenvalue weighted by atomic mass is 35.5. The summed E-state index contributed by atoms with van der Waals surface area (Å²) in [5.41, 5.74) is 0.991. The molecule has 2 N–H and O–H groups in total. The lowest BCUT2D eigenvalue weighted by Gasteiger charge is -2.44. The van der Waals surface area contributed by atoms with Gasteiger partial charge in [0.2, 0.25) is 0 Å². The number of aromatic nitrogens is 1. The summed E-state index contributed by atoms with van der Waals surface area (Å²) in [4.78, 5) is 5.97. The third-order valence-electron chi connectivity index (χ3n) is 3.76. The van der Waals surface area contributed by atoms with Crippen molar-refractivity contribution in [3.05, 3.63) is 28.0 Å². The van der Waals surface area contributed by atoms with Gasteiger partial charge in [0, 0.05) is 18.5 Å². The number of pyridine rings is 1. The van der Waals surface area contributed by atoms with E-state index in [1.807, 2.05) is 24.1 Å². The van der Waals surface area contributed by atoms with Crippen LogP contribution < -0.4 is 5.84 Å². The molecule has 0 saturated carbocycles. The Kier molecular flexibility index (Phi) is 4.73. The number of ether oxygens (including phenoxy) is 1. The summed E-state index contributed by atoms with van der Waals surface area (Å²) < 4.78 is 5.43. The zero-order valence-electron chi connectivity index (χ0n) is 11.5. The van der Waals surface area contributed by atoms with Crippen molar-refractivity contribution in [1.82, 2.24) is 9.88 Å². The molecule has 110 valence electrons. The fraction of sp³-hybridized carbons (Fsp3) is 0.538. The quantitative estimate of drug-likeness (QED) is 0.297. The molecule has 0 amide bonds. The van der Waals surface area contributed by atoms with Crippen LogP contribution in [0.3, 0.4) is 0 Å². The Labute approximate surface area is 128 Å². The Hall–Kier alpha value is -1.04. The number of hydrazone groups is 1. The van der Waals surface area contributed by atoms with Gasteiger partial charge in [0.25, 0.3) is 0 Å². The number of rotatable bonds is 5. The smallest absolute Gasteiger partial charge is 0.131 e. The Morgan fingerprint density at radius 3 is 2.55 bits per heavy atom. The summed E-state index contributed by atoms with van der Waals surface area (Å²) in [5.74, 6) is 5.19. The molecule has 1 aliphatic heterocycles. The van der Waals surface area contributed by atoms with E-state index >= 15 is 0 Å². The number of nitrogens with zero attached hydrogens (tertiary/aromatic N) is 3. The van der Waals surface area contributed by atoms with Crippen molar-refractivity contribution in [2.24, 2.45) is 10.9 Å². The largest absolute Gasteiger partial charge is 0.379 e.